The topological polar surface area (TPSA) is 69.6 Å². The Labute approximate surface area is 146 Å². The normalized spacial score (nSPS) is 14.3. The Morgan fingerprint density at radius 3 is 2.79 bits per heavy atom. The van der Waals surface area contributed by atoms with E-state index in [0.717, 1.165) is 23.1 Å². The molecule has 0 radical (unpaired) electrons. The largest absolute Gasteiger partial charge is 0.478 e. The van der Waals surface area contributed by atoms with Gasteiger partial charge in [-0.3, -0.25) is 4.79 Å². The highest BCUT2D eigenvalue weighted by Crippen LogP contribution is 2.37. The first-order chi connectivity index (χ1) is 11.4. The number of carbonyl (C=O) groups excluding carboxylic acids is 1. The average Bonchev–Trinajstić information content (AvgIpc) is 2.83. The summed E-state index contributed by atoms with van der Waals surface area (Å²) in [6.45, 7) is 1.37. The first-order valence-corrected chi connectivity index (χ1v) is 8.39. The lowest BCUT2D eigenvalue weighted by Crippen LogP contribution is -2.26. The van der Waals surface area contributed by atoms with Crippen LogP contribution in [0.3, 0.4) is 0 Å². The molecule has 1 aromatic heterocycles. The lowest BCUT2D eigenvalue weighted by atomic mass is 10.0. The molecular formula is C16H14ClFN2O3S. The molecule has 0 aliphatic carbocycles. The number of carbonyl (C=O) groups is 2. The van der Waals surface area contributed by atoms with E-state index in [2.05, 4.69) is 10.2 Å². The Bertz CT molecular complexity index is 817. The highest BCUT2D eigenvalue weighted by molar-refractivity contribution is 7.17. The van der Waals surface area contributed by atoms with Gasteiger partial charge in [0.2, 0.25) is 0 Å². The van der Waals surface area contributed by atoms with Crippen LogP contribution in [0.25, 0.3) is 0 Å². The summed E-state index contributed by atoms with van der Waals surface area (Å²) in [4.78, 5) is 27.0. The zero-order valence-corrected chi connectivity index (χ0v) is 14.3. The summed E-state index contributed by atoms with van der Waals surface area (Å²) in [7, 11) is 1.94. The number of rotatable bonds is 3. The van der Waals surface area contributed by atoms with Crippen LogP contribution in [0.4, 0.5) is 9.39 Å². The fourth-order valence-electron chi connectivity index (χ4n) is 2.73. The van der Waals surface area contributed by atoms with Gasteiger partial charge in [-0.25, -0.2) is 9.18 Å². The van der Waals surface area contributed by atoms with Crippen molar-refractivity contribution in [3.05, 3.63) is 50.6 Å². The quantitative estimate of drug-likeness (QED) is 0.870. The van der Waals surface area contributed by atoms with Gasteiger partial charge in [0.1, 0.15) is 10.8 Å². The van der Waals surface area contributed by atoms with E-state index < -0.39 is 17.7 Å². The van der Waals surface area contributed by atoms with E-state index >= 15 is 0 Å². The molecule has 0 atom stereocenters. The molecule has 8 heteroatoms. The third-order valence-corrected chi connectivity index (χ3v) is 5.33. The van der Waals surface area contributed by atoms with Crippen molar-refractivity contribution in [3.8, 4) is 0 Å². The minimum Gasteiger partial charge on any atom is -0.478 e. The number of amides is 1. The van der Waals surface area contributed by atoms with E-state index in [0.29, 0.717) is 13.0 Å². The van der Waals surface area contributed by atoms with Gasteiger partial charge in [-0.1, -0.05) is 17.7 Å². The van der Waals surface area contributed by atoms with Gasteiger partial charge >= 0.3 is 5.97 Å². The smallest absolute Gasteiger partial charge is 0.339 e. The monoisotopic (exact) mass is 368 g/mol. The fraction of sp³-hybridized carbons (Fsp3) is 0.250. The van der Waals surface area contributed by atoms with Crippen molar-refractivity contribution in [1.82, 2.24) is 4.90 Å². The van der Waals surface area contributed by atoms with E-state index in [-0.39, 0.29) is 21.2 Å². The van der Waals surface area contributed by atoms with Crippen LogP contribution in [0.1, 0.15) is 31.2 Å². The van der Waals surface area contributed by atoms with Crippen LogP contribution in [0.5, 0.6) is 0 Å². The highest BCUT2D eigenvalue weighted by atomic mass is 35.5. The molecule has 2 N–H and O–H groups in total. The summed E-state index contributed by atoms with van der Waals surface area (Å²) in [5.41, 5.74) is 0.531. The molecule has 0 saturated heterocycles. The van der Waals surface area contributed by atoms with Gasteiger partial charge in [0.05, 0.1) is 16.1 Å². The van der Waals surface area contributed by atoms with Crippen LogP contribution >= 0.6 is 22.9 Å². The summed E-state index contributed by atoms with van der Waals surface area (Å²) in [6, 6.07) is 3.94. The van der Waals surface area contributed by atoms with E-state index in [1.807, 2.05) is 7.05 Å². The van der Waals surface area contributed by atoms with Gasteiger partial charge in [-0.05, 0) is 31.2 Å². The van der Waals surface area contributed by atoms with E-state index in [1.54, 1.807) is 0 Å². The molecule has 24 heavy (non-hydrogen) atoms. The Kier molecular flexibility index (Phi) is 4.58. The van der Waals surface area contributed by atoms with Crippen LogP contribution in [0.2, 0.25) is 5.02 Å². The maximum Gasteiger partial charge on any atom is 0.339 e. The maximum absolute atomic E-state index is 13.9. The number of nitrogens with one attached hydrogen (secondary N) is 1. The van der Waals surface area contributed by atoms with Crippen molar-refractivity contribution < 1.29 is 19.1 Å². The summed E-state index contributed by atoms with van der Waals surface area (Å²) >= 11 is 7.10. The first kappa shape index (κ1) is 16.9. The summed E-state index contributed by atoms with van der Waals surface area (Å²) < 4.78 is 13.9. The van der Waals surface area contributed by atoms with E-state index in [4.69, 9.17) is 11.6 Å². The predicted molar refractivity (Wildman–Crippen MR) is 90.7 cm³/mol. The molecule has 0 unspecified atom stereocenters. The molecule has 0 fully saturated rings. The second-order valence-corrected chi connectivity index (χ2v) is 7.06. The van der Waals surface area contributed by atoms with Gasteiger partial charge < -0.3 is 15.3 Å². The van der Waals surface area contributed by atoms with Gasteiger partial charge in [-0.2, -0.15) is 0 Å². The molecule has 2 heterocycles. The minimum absolute atomic E-state index is 0.0228. The number of thiophene rings is 1. The second-order valence-electron chi connectivity index (χ2n) is 5.55. The standard InChI is InChI=1S/C16H14ClFN2O3S/c1-20-6-5-8-11(7-20)24-15(12(8)16(22)23)19-14(21)13-9(17)3-2-4-10(13)18/h2-4H,5-7H2,1H3,(H,19,21)(H,22,23). The number of likely N-dealkylation sites (N-methyl/N-ethyl adjacent to an activating group) is 1. The first-order valence-electron chi connectivity index (χ1n) is 7.20. The zero-order chi connectivity index (χ0) is 17.4. The number of hydrogen-bond donors (Lipinski definition) is 2. The van der Waals surface area contributed by atoms with Gasteiger partial charge in [0.25, 0.3) is 5.91 Å². The molecule has 1 aliphatic heterocycles. The number of anilines is 1. The zero-order valence-electron chi connectivity index (χ0n) is 12.7. The molecule has 0 spiro atoms. The lowest BCUT2D eigenvalue weighted by Gasteiger charge is -2.22. The summed E-state index contributed by atoms with van der Waals surface area (Å²) in [6.07, 6.45) is 0.598. The Hall–Kier alpha value is -1.96. The van der Waals surface area contributed by atoms with Crippen LogP contribution < -0.4 is 5.32 Å². The summed E-state index contributed by atoms with van der Waals surface area (Å²) in [5, 5.41) is 12.2. The Morgan fingerprint density at radius 1 is 1.38 bits per heavy atom. The third-order valence-electron chi connectivity index (χ3n) is 3.88. The number of fused-ring (bicyclic) bond motifs is 1. The van der Waals surface area contributed by atoms with Crippen molar-refractivity contribution in [1.29, 1.82) is 0 Å². The number of nitrogens with zero attached hydrogens (tertiary/aromatic N) is 1. The van der Waals surface area contributed by atoms with Crippen molar-refractivity contribution in [2.24, 2.45) is 0 Å². The number of carboxylic acid groups (broad SMARTS) is 1. The van der Waals surface area contributed by atoms with Crippen LogP contribution in [0, 0.1) is 5.82 Å². The van der Waals surface area contributed by atoms with E-state index in [1.165, 1.54) is 23.5 Å². The molecule has 5 nitrogen and oxygen atoms in total. The van der Waals surface area contributed by atoms with Crippen molar-refractivity contribution in [2.75, 3.05) is 18.9 Å². The van der Waals surface area contributed by atoms with Crippen molar-refractivity contribution in [2.45, 2.75) is 13.0 Å². The predicted octanol–water partition coefficient (Wildman–Crippen LogP) is 3.48. The third kappa shape index (κ3) is 3.02. The molecule has 3 rings (SSSR count). The van der Waals surface area contributed by atoms with Crippen molar-refractivity contribution in [3.63, 3.8) is 0 Å². The maximum atomic E-state index is 13.9. The molecule has 1 amide bonds. The van der Waals surface area contributed by atoms with Gasteiger partial charge in [0, 0.05) is 18.0 Å². The van der Waals surface area contributed by atoms with Crippen LogP contribution in [-0.2, 0) is 13.0 Å². The van der Waals surface area contributed by atoms with Crippen LogP contribution in [-0.4, -0.2) is 35.5 Å². The number of hydrogen-bond acceptors (Lipinski definition) is 4. The van der Waals surface area contributed by atoms with Gasteiger partial charge in [-0.15, -0.1) is 11.3 Å². The molecule has 0 saturated carbocycles. The molecule has 2 aromatic rings. The van der Waals surface area contributed by atoms with Crippen LogP contribution in [0.15, 0.2) is 18.2 Å². The fourth-order valence-corrected chi connectivity index (χ4v) is 4.29. The number of benzene rings is 1. The summed E-state index contributed by atoms with van der Waals surface area (Å²) in [5.74, 6) is -2.61. The lowest BCUT2D eigenvalue weighted by molar-refractivity contribution is 0.0696. The molecular weight excluding hydrogens is 355 g/mol. The van der Waals surface area contributed by atoms with Crippen molar-refractivity contribution >= 4 is 39.8 Å². The minimum atomic E-state index is -1.10. The SMILES string of the molecule is CN1CCc2c(sc(NC(=O)c3c(F)cccc3Cl)c2C(=O)O)C1. The molecule has 1 aromatic carbocycles. The second kappa shape index (κ2) is 6.51. The number of aromatic carboxylic acids is 1. The highest BCUT2D eigenvalue weighted by Gasteiger charge is 2.28. The van der Waals surface area contributed by atoms with Gasteiger partial charge in [0.15, 0.2) is 0 Å². The number of halogens is 2. The van der Waals surface area contributed by atoms with E-state index in [9.17, 15) is 19.1 Å². The average molecular weight is 369 g/mol. The molecule has 126 valence electrons. The Morgan fingerprint density at radius 2 is 2.12 bits per heavy atom. The number of carboxylic acids is 1. The molecule has 1 aliphatic rings. The Balaban J connectivity index is 1.98. The molecule has 0 bridgehead atoms.